The maximum Gasteiger partial charge on any atom is 0.323 e. The fourth-order valence-corrected chi connectivity index (χ4v) is 2.89. The number of amides is 1. The van der Waals surface area contributed by atoms with Crippen LogP contribution in [0.2, 0.25) is 0 Å². The number of nitrogens with one attached hydrogen (secondary N) is 3. The Morgan fingerprint density at radius 1 is 1.11 bits per heavy atom. The van der Waals surface area contributed by atoms with Crippen molar-refractivity contribution in [2.24, 2.45) is 0 Å². The molecule has 0 unspecified atom stereocenters. The molecule has 3 N–H and O–H groups in total. The highest BCUT2D eigenvalue weighted by Gasteiger charge is 2.12. The van der Waals surface area contributed by atoms with Crippen molar-refractivity contribution in [3.05, 3.63) is 56.9 Å². The molecule has 9 heteroatoms. The first-order valence-corrected chi connectivity index (χ1v) is 8.74. The molecular formula is C18H16BrN3O5. The van der Waals surface area contributed by atoms with Crippen molar-refractivity contribution in [2.45, 2.75) is 6.42 Å². The third-order valence-electron chi connectivity index (χ3n) is 3.75. The Balaban J connectivity index is 1.55. The Morgan fingerprint density at radius 3 is 2.44 bits per heavy atom. The van der Waals surface area contributed by atoms with Crippen molar-refractivity contribution in [3.63, 3.8) is 0 Å². The van der Waals surface area contributed by atoms with Crippen molar-refractivity contribution in [3.8, 4) is 5.75 Å². The minimum absolute atomic E-state index is 0.0531. The fraction of sp³-hybridized carbons (Fsp3) is 0.167. The van der Waals surface area contributed by atoms with E-state index >= 15 is 0 Å². The van der Waals surface area contributed by atoms with Crippen molar-refractivity contribution >= 4 is 44.5 Å². The molecule has 0 bridgehead atoms. The van der Waals surface area contributed by atoms with E-state index in [0.717, 1.165) is 5.56 Å². The van der Waals surface area contributed by atoms with Crippen LogP contribution in [0.15, 0.2) is 45.7 Å². The Morgan fingerprint density at radius 2 is 1.78 bits per heavy atom. The molecule has 0 saturated carbocycles. The van der Waals surface area contributed by atoms with Gasteiger partial charge in [-0.05, 0) is 45.8 Å². The minimum Gasteiger partial charge on any atom is -0.497 e. The van der Waals surface area contributed by atoms with Crippen LogP contribution >= 0.6 is 15.9 Å². The summed E-state index contributed by atoms with van der Waals surface area (Å²) in [5, 5.41) is 2.63. The number of hydrogen-bond donors (Lipinski definition) is 3. The molecule has 1 aromatic heterocycles. The van der Waals surface area contributed by atoms with Crippen molar-refractivity contribution < 1.29 is 19.1 Å². The van der Waals surface area contributed by atoms with Crippen LogP contribution in [0.1, 0.15) is 5.56 Å². The zero-order valence-corrected chi connectivity index (χ0v) is 15.9. The summed E-state index contributed by atoms with van der Waals surface area (Å²) in [6.07, 6.45) is 0.0531. The first kappa shape index (κ1) is 18.7. The van der Waals surface area contributed by atoms with Gasteiger partial charge in [-0.3, -0.25) is 9.59 Å². The Labute approximate surface area is 162 Å². The summed E-state index contributed by atoms with van der Waals surface area (Å²) in [7, 11) is 1.56. The van der Waals surface area contributed by atoms with Crippen LogP contribution in [0, 0.1) is 0 Å². The highest BCUT2D eigenvalue weighted by Crippen LogP contribution is 2.26. The lowest BCUT2D eigenvalue weighted by Gasteiger charge is -2.09. The van der Waals surface area contributed by atoms with E-state index in [1.807, 2.05) is 0 Å². The number of benzene rings is 2. The summed E-state index contributed by atoms with van der Waals surface area (Å²) in [5.74, 6) is -0.311. The van der Waals surface area contributed by atoms with Gasteiger partial charge in [0.05, 0.1) is 30.3 Å². The molecule has 8 nitrogen and oxygen atoms in total. The number of carbonyl (C=O) groups excluding carboxylic acids is 2. The number of hydrogen-bond acceptors (Lipinski definition) is 5. The van der Waals surface area contributed by atoms with Gasteiger partial charge < -0.3 is 24.8 Å². The van der Waals surface area contributed by atoms with E-state index in [1.165, 1.54) is 0 Å². The zero-order valence-electron chi connectivity index (χ0n) is 14.3. The summed E-state index contributed by atoms with van der Waals surface area (Å²) < 4.78 is 10.6. The number of esters is 1. The standard InChI is InChI=1S/C18H16BrN3O5/c1-26-11-4-2-10(3-5-11)6-17(24)27-9-16(23)20-13-8-15-14(7-12(13)19)21-18(25)22-15/h2-5,7-8H,6,9H2,1H3,(H,20,23)(H2,21,22,25). The molecule has 0 radical (unpaired) electrons. The first-order chi connectivity index (χ1) is 12.9. The molecule has 1 heterocycles. The molecule has 0 aliphatic heterocycles. The summed E-state index contributed by atoms with van der Waals surface area (Å²) >= 11 is 3.32. The fourth-order valence-electron chi connectivity index (χ4n) is 2.45. The normalized spacial score (nSPS) is 10.6. The number of H-pyrrole nitrogens is 2. The van der Waals surface area contributed by atoms with E-state index < -0.39 is 18.5 Å². The number of halogens is 1. The number of imidazole rings is 1. The molecule has 3 rings (SSSR count). The second kappa shape index (κ2) is 8.09. The second-order valence-electron chi connectivity index (χ2n) is 5.69. The van der Waals surface area contributed by atoms with Gasteiger partial charge >= 0.3 is 11.7 Å². The van der Waals surface area contributed by atoms with Crippen LogP contribution < -0.4 is 15.7 Å². The Bertz CT molecular complexity index is 1040. The first-order valence-electron chi connectivity index (χ1n) is 7.94. The van der Waals surface area contributed by atoms with Crippen molar-refractivity contribution in [1.29, 1.82) is 0 Å². The average Bonchev–Trinajstić information content (AvgIpc) is 3.00. The van der Waals surface area contributed by atoms with Gasteiger partial charge in [0.25, 0.3) is 5.91 Å². The minimum atomic E-state index is -0.514. The number of anilines is 1. The topological polar surface area (TPSA) is 113 Å². The largest absolute Gasteiger partial charge is 0.497 e. The number of rotatable bonds is 6. The third kappa shape index (κ3) is 4.76. The molecule has 1 amide bonds. The number of aromatic nitrogens is 2. The molecule has 27 heavy (non-hydrogen) atoms. The highest BCUT2D eigenvalue weighted by atomic mass is 79.9. The summed E-state index contributed by atoms with van der Waals surface area (Å²) in [5.41, 5.74) is 2.03. The zero-order chi connectivity index (χ0) is 19.4. The van der Waals surface area contributed by atoms with Gasteiger partial charge in [0.15, 0.2) is 6.61 Å². The number of fused-ring (bicyclic) bond motifs is 1. The number of aromatic amines is 2. The molecule has 0 aliphatic carbocycles. The quantitative estimate of drug-likeness (QED) is 0.516. The predicted molar refractivity (Wildman–Crippen MR) is 103 cm³/mol. The lowest BCUT2D eigenvalue weighted by molar-refractivity contribution is -0.146. The van der Waals surface area contributed by atoms with Crippen molar-refractivity contribution in [2.75, 3.05) is 19.0 Å². The van der Waals surface area contributed by atoms with E-state index in [2.05, 4.69) is 31.2 Å². The van der Waals surface area contributed by atoms with Crippen molar-refractivity contribution in [1.82, 2.24) is 9.97 Å². The number of ether oxygens (including phenoxy) is 2. The van der Waals surface area contributed by atoms with Crippen LogP contribution in [0.3, 0.4) is 0 Å². The SMILES string of the molecule is COc1ccc(CC(=O)OCC(=O)Nc2cc3[nH]c(=O)[nH]c3cc2Br)cc1. The smallest absolute Gasteiger partial charge is 0.323 e. The molecule has 0 aliphatic rings. The van der Waals surface area contributed by atoms with Gasteiger partial charge in [-0.2, -0.15) is 0 Å². The lowest BCUT2D eigenvalue weighted by Crippen LogP contribution is -2.21. The molecular weight excluding hydrogens is 418 g/mol. The van der Waals surface area contributed by atoms with Gasteiger partial charge in [-0.1, -0.05) is 12.1 Å². The summed E-state index contributed by atoms with van der Waals surface area (Å²) in [6, 6.07) is 10.3. The summed E-state index contributed by atoms with van der Waals surface area (Å²) in [4.78, 5) is 40.5. The van der Waals surface area contributed by atoms with E-state index in [4.69, 9.17) is 9.47 Å². The van der Waals surface area contributed by atoms with Gasteiger partial charge in [0.1, 0.15) is 5.75 Å². The Hall–Kier alpha value is -3.07. The van der Waals surface area contributed by atoms with Crippen LogP contribution in [-0.4, -0.2) is 35.6 Å². The van der Waals surface area contributed by atoms with Crippen LogP contribution in [0.4, 0.5) is 5.69 Å². The van der Waals surface area contributed by atoms with E-state index in [9.17, 15) is 14.4 Å². The molecule has 2 aromatic carbocycles. The molecule has 0 saturated heterocycles. The molecule has 0 fully saturated rings. The third-order valence-corrected chi connectivity index (χ3v) is 4.41. The molecule has 0 spiro atoms. The average molecular weight is 434 g/mol. The monoisotopic (exact) mass is 433 g/mol. The number of methoxy groups -OCH3 is 1. The maximum absolute atomic E-state index is 12.0. The number of carbonyl (C=O) groups is 2. The van der Waals surface area contributed by atoms with Crippen LogP contribution in [0.25, 0.3) is 11.0 Å². The lowest BCUT2D eigenvalue weighted by atomic mass is 10.1. The molecule has 140 valence electrons. The van der Waals surface area contributed by atoms with Gasteiger partial charge in [0.2, 0.25) is 0 Å². The van der Waals surface area contributed by atoms with Gasteiger partial charge in [0, 0.05) is 4.47 Å². The molecule has 0 atom stereocenters. The highest BCUT2D eigenvalue weighted by molar-refractivity contribution is 9.10. The van der Waals surface area contributed by atoms with E-state index in [0.29, 0.717) is 26.9 Å². The second-order valence-corrected chi connectivity index (χ2v) is 6.54. The van der Waals surface area contributed by atoms with Gasteiger partial charge in [-0.25, -0.2) is 4.79 Å². The van der Waals surface area contributed by atoms with E-state index in [-0.39, 0.29) is 12.1 Å². The maximum atomic E-state index is 12.0. The summed E-state index contributed by atoms with van der Waals surface area (Å²) in [6.45, 7) is -0.414. The molecule has 3 aromatic rings. The Kier molecular flexibility index (Phi) is 5.60. The van der Waals surface area contributed by atoms with Crippen LogP contribution in [0.5, 0.6) is 5.75 Å². The van der Waals surface area contributed by atoms with Gasteiger partial charge in [-0.15, -0.1) is 0 Å². The van der Waals surface area contributed by atoms with E-state index in [1.54, 1.807) is 43.5 Å². The van der Waals surface area contributed by atoms with Crippen LogP contribution in [-0.2, 0) is 20.7 Å². The predicted octanol–water partition coefficient (Wildman–Crippen LogP) is 2.35.